The first-order chi connectivity index (χ1) is 8.56. The SMILES string of the molecule is Cc1cc(N)c(Cl)cc1NCc1cccc(Br)c1. The van der Waals surface area contributed by atoms with Gasteiger partial charge < -0.3 is 11.1 Å². The predicted octanol–water partition coefficient (Wildman–Crippen LogP) is 4.61. The standard InChI is InChI=1S/C14H14BrClN2/c1-9-5-13(17)12(16)7-14(9)18-8-10-3-2-4-11(15)6-10/h2-7,18H,8,17H2,1H3. The Kier molecular flexibility index (Phi) is 4.15. The van der Waals surface area contributed by atoms with E-state index in [9.17, 15) is 0 Å². The minimum atomic E-state index is 0.581. The molecule has 0 aliphatic heterocycles. The number of rotatable bonds is 3. The van der Waals surface area contributed by atoms with Gasteiger partial charge in [0.1, 0.15) is 0 Å². The van der Waals surface area contributed by atoms with E-state index in [0.29, 0.717) is 10.7 Å². The fourth-order valence-electron chi connectivity index (χ4n) is 1.74. The molecule has 0 atom stereocenters. The smallest absolute Gasteiger partial charge is 0.0656 e. The molecule has 0 unspecified atom stereocenters. The number of hydrogen-bond acceptors (Lipinski definition) is 2. The van der Waals surface area contributed by atoms with Gasteiger partial charge in [0.25, 0.3) is 0 Å². The van der Waals surface area contributed by atoms with Crippen LogP contribution in [0.5, 0.6) is 0 Å². The van der Waals surface area contributed by atoms with Crippen molar-refractivity contribution in [2.75, 3.05) is 11.1 Å². The average molecular weight is 326 g/mol. The van der Waals surface area contributed by atoms with Crippen LogP contribution >= 0.6 is 27.5 Å². The van der Waals surface area contributed by atoms with Crippen LogP contribution in [-0.2, 0) is 6.54 Å². The molecule has 2 aromatic carbocycles. The summed E-state index contributed by atoms with van der Waals surface area (Å²) >= 11 is 9.48. The van der Waals surface area contributed by atoms with Crippen LogP contribution in [-0.4, -0.2) is 0 Å². The Morgan fingerprint density at radius 1 is 1.28 bits per heavy atom. The van der Waals surface area contributed by atoms with Crippen molar-refractivity contribution in [1.82, 2.24) is 0 Å². The Morgan fingerprint density at radius 2 is 2.06 bits per heavy atom. The second kappa shape index (κ2) is 5.63. The number of nitrogens with two attached hydrogens (primary N) is 1. The third-order valence-electron chi connectivity index (χ3n) is 2.72. The molecule has 0 amide bonds. The maximum atomic E-state index is 6.02. The van der Waals surface area contributed by atoms with E-state index in [-0.39, 0.29) is 0 Å². The van der Waals surface area contributed by atoms with Crippen LogP contribution in [0.15, 0.2) is 40.9 Å². The highest BCUT2D eigenvalue weighted by Crippen LogP contribution is 2.27. The summed E-state index contributed by atoms with van der Waals surface area (Å²) in [5, 5.41) is 3.94. The van der Waals surface area contributed by atoms with Crippen LogP contribution in [0.2, 0.25) is 5.02 Å². The average Bonchev–Trinajstić information content (AvgIpc) is 2.32. The molecule has 0 bridgehead atoms. The number of hydrogen-bond donors (Lipinski definition) is 2. The van der Waals surface area contributed by atoms with Crippen molar-refractivity contribution in [3.63, 3.8) is 0 Å². The molecule has 0 spiro atoms. The molecule has 2 aromatic rings. The molecule has 4 heteroatoms. The number of aryl methyl sites for hydroxylation is 1. The van der Waals surface area contributed by atoms with E-state index in [1.54, 1.807) is 0 Å². The van der Waals surface area contributed by atoms with Gasteiger partial charge in [-0.3, -0.25) is 0 Å². The van der Waals surface area contributed by atoms with Gasteiger partial charge in [-0.05, 0) is 42.3 Å². The molecule has 0 saturated carbocycles. The topological polar surface area (TPSA) is 38.0 Å². The normalized spacial score (nSPS) is 10.4. The maximum absolute atomic E-state index is 6.02. The fraction of sp³-hybridized carbons (Fsp3) is 0.143. The molecule has 3 N–H and O–H groups in total. The van der Waals surface area contributed by atoms with Gasteiger partial charge in [-0.2, -0.15) is 0 Å². The summed E-state index contributed by atoms with van der Waals surface area (Å²) in [6, 6.07) is 11.9. The summed E-state index contributed by atoms with van der Waals surface area (Å²) in [5.41, 5.74) is 9.67. The summed E-state index contributed by atoms with van der Waals surface area (Å²) in [5.74, 6) is 0. The Morgan fingerprint density at radius 3 is 2.78 bits per heavy atom. The molecule has 0 fully saturated rings. The summed E-state index contributed by atoms with van der Waals surface area (Å²) in [7, 11) is 0. The summed E-state index contributed by atoms with van der Waals surface area (Å²) in [6.07, 6.45) is 0. The number of nitrogens with one attached hydrogen (secondary N) is 1. The lowest BCUT2D eigenvalue weighted by atomic mass is 10.1. The molecule has 18 heavy (non-hydrogen) atoms. The zero-order chi connectivity index (χ0) is 13.1. The van der Waals surface area contributed by atoms with Gasteiger partial charge in [0.15, 0.2) is 0 Å². The lowest BCUT2D eigenvalue weighted by molar-refractivity contribution is 1.14. The van der Waals surface area contributed by atoms with Gasteiger partial charge in [0.2, 0.25) is 0 Å². The number of halogens is 2. The van der Waals surface area contributed by atoms with Crippen molar-refractivity contribution in [3.8, 4) is 0 Å². The molecule has 2 rings (SSSR count). The van der Waals surface area contributed by atoms with E-state index in [1.807, 2.05) is 31.2 Å². The van der Waals surface area contributed by atoms with Crippen LogP contribution < -0.4 is 11.1 Å². The Labute approximate surface area is 120 Å². The van der Waals surface area contributed by atoms with Crippen LogP contribution in [0.25, 0.3) is 0 Å². The van der Waals surface area contributed by atoms with E-state index in [2.05, 4.69) is 33.4 Å². The van der Waals surface area contributed by atoms with Crippen LogP contribution in [0.4, 0.5) is 11.4 Å². The molecule has 0 aliphatic carbocycles. The van der Waals surface area contributed by atoms with E-state index in [1.165, 1.54) is 5.56 Å². The van der Waals surface area contributed by atoms with Crippen molar-refractivity contribution in [2.24, 2.45) is 0 Å². The van der Waals surface area contributed by atoms with Crippen molar-refractivity contribution in [1.29, 1.82) is 0 Å². The Hall–Kier alpha value is -1.19. The first kappa shape index (κ1) is 13.2. The maximum Gasteiger partial charge on any atom is 0.0656 e. The zero-order valence-corrected chi connectivity index (χ0v) is 12.3. The molecule has 2 nitrogen and oxygen atoms in total. The van der Waals surface area contributed by atoms with Gasteiger partial charge in [-0.1, -0.05) is 39.7 Å². The van der Waals surface area contributed by atoms with Crippen LogP contribution in [0.1, 0.15) is 11.1 Å². The Balaban J connectivity index is 2.13. The molecular formula is C14H14BrClN2. The van der Waals surface area contributed by atoms with Gasteiger partial charge in [0.05, 0.1) is 10.7 Å². The third kappa shape index (κ3) is 3.18. The quantitative estimate of drug-likeness (QED) is 0.809. The second-order valence-corrected chi connectivity index (χ2v) is 5.49. The van der Waals surface area contributed by atoms with Gasteiger partial charge >= 0.3 is 0 Å². The summed E-state index contributed by atoms with van der Waals surface area (Å²) in [6.45, 7) is 2.76. The molecule has 0 saturated heterocycles. The van der Waals surface area contributed by atoms with Gasteiger partial charge in [-0.15, -0.1) is 0 Å². The predicted molar refractivity (Wildman–Crippen MR) is 82.1 cm³/mol. The van der Waals surface area contributed by atoms with Crippen molar-refractivity contribution < 1.29 is 0 Å². The second-order valence-electron chi connectivity index (χ2n) is 4.17. The number of anilines is 2. The highest BCUT2D eigenvalue weighted by Gasteiger charge is 2.03. The molecule has 0 aliphatic rings. The first-order valence-electron chi connectivity index (χ1n) is 5.60. The highest BCUT2D eigenvalue weighted by molar-refractivity contribution is 9.10. The lowest BCUT2D eigenvalue weighted by Gasteiger charge is -2.11. The minimum Gasteiger partial charge on any atom is -0.398 e. The van der Waals surface area contributed by atoms with Crippen LogP contribution in [0, 0.1) is 6.92 Å². The van der Waals surface area contributed by atoms with E-state index in [0.717, 1.165) is 22.3 Å². The molecule has 0 radical (unpaired) electrons. The van der Waals surface area contributed by atoms with Crippen molar-refractivity contribution in [3.05, 3.63) is 57.0 Å². The summed E-state index contributed by atoms with van der Waals surface area (Å²) in [4.78, 5) is 0. The largest absolute Gasteiger partial charge is 0.398 e. The van der Waals surface area contributed by atoms with Crippen molar-refractivity contribution in [2.45, 2.75) is 13.5 Å². The van der Waals surface area contributed by atoms with E-state index < -0.39 is 0 Å². The highest BCUT2D eigenvalue weighted by atomic mass is 79.9. The fourth-order valence-corrected chi connectivity index (χ4v) is 2.35. The van der Waals surface area contributed by atoms with Gasteiger partial charge in [-0.25, -0.2) is 0 Å². The molecule has 0 heterocycles. The molecule has 94 valence electrons. The Bertz CT molecular complexity index is 570. The van der Waals surface area contributed by atoms with Crippen molar-refractivity contribution >= 4 is 38.9 Å². The monoisotopic (exact) mass is 324 g/mol. The van der Waals surface area contributed by atoms with E-state index >= 15 is 0 Å². The first-order valence-corrected chi connectivity index (χ1v) is 6.77. The van der Waals surface area contributed by atoms with Crippen LogP contribution in [0.3, 0.4) is 0 Å². The molecular weight excluding hydrogens is 312 g/mol. The number of nitrogen functional groups attached to an aromatic ring is 1. The molecule has 0 aromatic heterocycles. The minimum absolute atomic E-state index is 0.581. The van der Waals surface area contributed by atoms with Gasteiger partial charge in [0, 0.05) is 16.7 Å². The number of benzene rings is 2. The summed E-state index contributed by atoms with van der Waals surface area (Å²) < 4.78 is 1.08. The zero-order valence-electron chi connectivity index (χ0n) is 10.0. The van der Waals surface area contributed by atoms with E-state index in [4.69, 9.17) is 17.3 Å². The third-order valence-corrected chi connectivity index (χ3v) is 3.54. The lowest BCUT2D eigenvalue weighted by Crippen LogP contribution is -2.02.